The van der Waals surface area contributed by atoms with E-state index in [4.69, 9.17) is 5.73 Å². The molecule has 0 aromatic heterocycles. The number of hydrogen-bond acceptors (Lipinski definition) is 3. The third kappa shape index (κ3) is 3.25. The second-order valence-electron chi connectivity index (χ2n) is 6.12. The fourth-order valence-electron chi connectivity index (χ4n) is 3.75. The molecular formula is C15H31N3. The summed E-state index contributed by atoms with van der Waals surface area (Å²) in [6.07, 6.45) is 9.48. The van der Waals surface area contributed by atoms with Crippen molar-refractivity contribution in [2.45, 2.75) is 57.4 Å². The zero-order valence-corrected chi connectivity index (χ0v) is 12.2. The fourth-order valence-corrected chi connectivity index (χ4v) is 3.75. The topological polar surface area (TPSA) is 32.5 Å². The van der Waals surface area contributed by atoms with Crippen LogP contribution < -0.4 is 5.73 Å². The van der Waals surface area contributed by atoms with Crippen molar-refractivity contribution >= 4 is 0 Å². The fraction of sp³-hybridized carbons (Fsp3) is 1.00. The molecule has 1 unspecified atom stereocenters. The van der Waals surface area contributed by atoms with Crippen molar-refractivity contribution in [3.63, 3.8) is 0 Å². The Kier molecular flexibility index (Phi) is 5.46. The molecule has 3 heteroatoms. The highest BCUT2D eigenvalue weighted by atomic mass is 15.2. The molecule has 2 rings (SSSR count). The van der Waals surface area contributed by atoms with E-state index in [9.17, 15) is 0 Å². The van der Waals surface area contributed by atoms with Crippen LogP contribution in [0.1, 0.15) is 51.9 Å². The van der Waals surface area contributed by atoms with Crippen molar-refractivity contribution in [3.05, 3.63) is 0 Å². The predicted molar refractivity (Wildman–Crippen MR) is 77.8 cm³/mol. The molecule has 2 heterocycles. The van der Waals surface area contributed by atoms with Crippen molar-refractivity contribution in [1.29, 1.82) is 0 Å². The molecule has 0 aliphatic carbocycles. The Bertz CT molecular complexity index is 236. The first-order valence-corrected chi connectivity index (χ1v) is 7.98. The summed E-state index contributed by atoms with van der Waals surface area (Å²) in [5.41, 5.74) is 6.53. The smallest absolute Gasteiger partial charge is 0.0344 e. The highest BCUT2D eigenvalue weighted by molar-refractivity contribution is 4.95. The Morgan fingerprint density at radius 3 is 2.22 bits per heavy atom. The Morgan fingerprint density at radius 2 is 1.61 bits per heavy atom. The number of rotatable bonds is 3. The van der Waals surface area contributed by atoms with Crippen LogP contribution in [-0.2, 0) is 0 Å². The van der Waals surface area contributed by atoms with Crippen LogP contribution in [0.4, 0.5) is 0 Å². The van der Waals surface area contributed by atoms with Crippen molar-refractivity contribution in [3.8, 4) is 0 Å². The Labute approximate surface area is 113 Å². The van der Waals surface area contributed by atoms with E-state index in [-0.39, 0.29) is 0 Å². The maximum Gasteiger partial charge on any atom is 0.0344 e. The van der Waals surface area contributed by atoms with Gasteiger partial charge >= 0.3 is 0 Å². The first-order valence-electron chi connectivity index (χ1n) is 7.98. The van der Waals surface area contributed by atoms with Crippen LogP contribution in [0.3, 0.4) is 0 Å². The SMILES string of the molecule is CCN1CCCC(CN)(N2CCCCCC2)CC1. The summed E-state index contributed by atoms with van der Waals surface area (Å²) >= 11 is 0. The Balaban J connectivity index is 2.03. The van der Waals surface area contributed by atoms with Gasteiger partial charge in [-0.3, -0.25) is 4.90 Å². The second-order valence-corrected chi connectivity index (χ2v) is 6.12. The largest absolute Gasteiger partial charge is 0.329 e. The number of likely N-dealkylation sites (tertiary alicyclic amines) is 2. The summed E-state index contributed by atoms with van der Waals surface area (Å²) in [4.78, 5) is 5.34. The summed E-state index contributed by atoms with van der Waals surface area (Å²) in [6.45, 7) is 9.40. The molecule has 0 amide bonds. The lowest BCUT2D eigenvalue weighted by Crippen LogP contribution is -2.54. The van der Waals surface area contributed by atoms with Crippen LogP contribution in [0.25, 0.3) is 0 Å². The quantitative estimate of drug-likeness (QED) is 0.836. The van der Waals surface area contributed by atoms with Crippen LogP contribution in [-0.4, -0.2) is 54.6 Å². The van der Waals surface area contributed by atoms with Crippen LogP contribution in [0.15, 0.2) is 0 Å². The molecule has 2 aliphatic heterocycles. The highest BCUT2D eigenvalue weighted by Crippen LogP contribution is 2.30. The number of hydrogen-bond donors (Lipinski definition) is 1. The van der Waals surface area contributed by atoms with Gasteiger partial charge in [0.2, 0.25) is 0 Å². The standard InChI is InChI=1S/C15H31N3/c1-2-17-10-7-8-15(14-16,9-13-17)18-11-5-3-4-6-12-18/h2-14,16H2,1H3. The van der Waals surface area contributed by atoms with Gasteiger partial charge in [0.15, 0.2) is 0 Å². The molecular weight excluding hydrogens is 222 g/mol. The van der Waals surface area contributed by atoms with E-state index in [2.05, 4.69) is 16.7 Å². The third-order valence-electron chi connectivity index (χ3n) is 5.11. The molecule has 106 valence electrons. The molecule has 0 spiro atoms. The first-order chi connectivity index (χ1) is 8.80. The van der Waals surface area contributed by atoms with Gasteiger partial charge in [-0.1, -0.05) is 19.8 Å². The van der Waals surface area contributed by atoms with E-state index in [1.807, 2.05) is 0 Å². The van der Waals surface area contributed by atoms with Crippen molar-refractivity contribution in [1.82, 2.24) is 9.80 Å². The maximum absolute atomic E-state index is 6.22. The van der Waals surface area contributed by atoms with E-state index in [1.165, 1.54) is 77.7 Å². The van der Waals surface area contributed by atoms with Gasteiger partial charge in [0.05, 0.1) is 0 Å². The average Bonchev–Trinajstić information content (AvgIpc) is 2.79. The molecule has 0 bridgehead atoms. The van der Waals surface area contributed by atoms with E-state index in [1.54, 1.807) is 0 Å². The van der Waals surface area contributed by atoms with Crippen LogP contribution in [0.2, 0.25) is 0 Å². The van der Waals surface area contributed by atoms with Gasteiger partial charge in [0, 0.05) is 12.1 Å². The molecule has 0 saturated carbocycles. The summed E-state index contributed by atoms with van der Waals surface area (Å²) in [6, 6.07) is 0. The number of nitrogens with two attached hydrogens (primary N) is 1. The summed E-state index contributed by atoms with van der Waals surface area (Å²) < 4.78 is 0. The molecule has 0 aromatic rings. The van der Waals surface area contributed by atoms with E-state index in [0.717, 1.165) is 6.54 Å². The van der Waals surface area contributed by atoms with Gasteiger partial charge in [-0.2, -0.15) is 0 Å². The molecule has 2 N–H and O–H groups in total. The van der Waals surface area contributed by atoms with E-state index in [0.29, 0.717) is 5.54 Å². The van der Waals surface area contributed by atoms with Gasteiger partial charge in [-0.15, -0.1) is 0 Å². The monoisotopic (exact) mass is 253 g/mol. The van der Waals surface area contributed by atoms with Gasteiger partial charge in [-0.05, 0) is 64.8 Å². The summed E-state index contributed by atoms with van der Waals surface area (Å²) in [7, 11) is 0. The molecule has 2 saturated heterocycles. The van der Waals surface area contributed by atoms with Gasteiger partial charge in [0.25, 0.3) is 0 Å². The minimum absolute atomic E-state index is 0.314. The number of nitrogens with zero attached hydrogens (tertiary/aromatic N) is 2. The van der Waals surface area contributed by atoms with Gasteiger partial charge in [0.1, 0.15) is 0 Å². The molecule has 3 nitrogen and oxygen atoms in total. The zero-order chi connectivity index (χ0) is 12.8. The van der Waals surface area contributed by atoms with Crippen molar-refractivity contribution in [2.75, 3.05) is 39.3 Å². The average molecular weight is 253 g/mol. The third-order valence-corrected chi connectivity index (χ3v) is 5.11. The lowest BCUT2D eigenvalue weighted by molar-refractivity contribution is 0.0817. The normalized spacial score (nSPS) is 33.0. The lowest BCUT2D eigenvalue weighted by Gasteiger charge is -2.43. The molecule has 2 aliphatic rings. The predicted octanol–water partition coefficient (Wildman–Crippen LogP) is 2.07. The van der Waals surface area contributed by atoms with Crippen LogP contribution in [0, 0.1) is 0 Å². The maximum atomic E-state index is 6.22. The van der Waals surface area contributed by atoms with Crippen LogP contribution >= 0.6 is 0 Å². The van der Waals surface area contributed by atoms with Gasteiger partial charge in [-0.25, -0.2) is 0 Å². The molecule has 18 heavy (non-hydrogen) atoms. The minimum Gasteiger partial charge on any atom is -0.329 e. The molecule has 1 atom stereocenters. The van der Waals surface area contributed by atoms with Crippen molar-refractivity contribution < 1.29 is 0 Å². The summed E-state index contributed by atoms with van der Waals surface area (Å²) in [5, 5.41) is 0. The van der Waals surface area contributed by atoms with Crippen LogP contribution in [0.5, 0.6) is 0 Å². The Hall–Kier alpha value is -0.120. The zero-order valence-electron chi connectivity index (χ0n) is 12.2. The summed E-state index contributed by atoms with van der Waals surface area (Å²) in [5.74, 6) is 0. The highest BCUT2D eigenvalue weighted by Gasteiger charge is 2.36. The molecule has 0 radical (unpaired) electrons. The lowest BCUT2D eigenvalue weighted by atomic mass is 9.88. The van der Waals surface area contributed by atoms with E-state index >= 15 is 0 Å². The Morgan fingerprint density at radius 1 is 0.889 bits per heavy atom. The molecule has 2 fully saturated rings. The van der Waals surface area contributed by atoms with Gasteiger partial charge < -0.3 is 10.6 Å². The first kappa shape index (κ1) is 14.3. The minimum atomic E-state index is 0.314. The van der Waals surface area contributed by atoms with Crippen molar-refractivity contribution in [2.24, 2.45) is 5.73 Å². The second kappa shape index (κ2) is 6.88. The van der Waals surface area contributed by atoms with E-state index < -0.39 is 0 Å². The molecule has 0 aromatic carbocycles.